The third-order valence-electron chi connectivity index (χ3n) is 3.54. The second-order valence-corrected chi connectivity index (χ2v) is 8.18. The summed E-state index contributed by atoms with van der Waals surface area (Å²) in [5, 5.41) is 3.28. The molecule has 0 saturated carbocycles. The average molecular weight is 351 g/mol. The van der Waals surface area contributed by atoms with Crippen LogP contribution in [0.15, 0.2) is 23.1 Å². The highest BCUT2D eigenvalue weighted by Crippen LogP contribution is 2.18. The van der Waals surface area contributed by atoms with Gasteiger partial charge in [-0.1, -0.05) is 6.92 Å². The molecule has 0 bridgehead atoms. The van der Waals surface area contributed by atoms with E-state index in [1.165, 1.54) is 0 Å². The number of nitrogens with one attached hydrogen (secondary N) is 1. The van der Waals surface area contributed by atoms with Crippen molar-refractivity contribution in [2.75, 3.05) is 18.4 Å². The van der Waals surface area contributed by atoms with Crippen molar-refractivity contribution < 1.29 is 9.53 Å². The van der Waals surface area contributed by atoms with E-state index in [9.17, 15) is 9.59 Å². The average Bonchev–Trinajstić information content (AvgIpc) is 2.43. The van der Waals surface area contributed by atoms with Crippen LogP contribution in [-0.2, 0) is 11.3 Å². The van der Waals surface area contributed by atoms with Gasteiger partial charge in [0.05, 0.1) is 5.69 Å². The Kier molecular flexibility index (Phi) is 7.08. The van der Waals surface area contributed by atoms with Crippen LogP contribution < -0.4 is 10.9 Å². The van der Waals surface area contributed by atoms with Crippen molar-refractivity contribution in [1.82, 2.24) is 9.47 Å². The van der Waals surface area contributed by atoms with Crippen molar-refractivity contribution in [1.29, 1.82) is 0 Å². The summed E-state index contributed by atoms with van der Waals surface area (Å²) >= 11 is 0. The fourth-order valence-electron chi connectivity index (χ4n) is 2.38. The summed E-state index contributed by atoms with van der Waals surface area (Å²) in [7, 11) is 0. The molecule has 1 rings (SSSR count). The summed E-state index contributed by atoms with van der Waals surface area (Å²) in [5.74, 6) is 0. The van der Waals surface area contributed by atoms with Crippen molar-refractivity contribution in [3.63, 3.8) is 0 Å². The SMILES string of the molecule is CCCn1cc(NCCN(C(=O)OC(C)(C)C)C(C)(C)C)ccc1=O. The van der Waals surface area contributed by atoms with Crippen molar-refractivity contribution in [2.45, 2.75) is 72.6 Å². The molecule has 0 aliphatic rings. The predicted octanol–water partition coefficient (Wildman–Crippen LogP) is 3.71. The number of hydrogen-bond donors (Lipinski definition) is 1. The summed E-state index contributed by atoms with van der Waals surface area (Å²) in [6.45, 7) is 15.3. The Balaban J connectivity index is 2.73. The minimum absolute atomic E-state index is 0.00234. The lowest BCUT2D eigenvalue weighted by molar-refractivity contribution is 0.00749. The highest BCUT2D eigenvalue weighted by atomic mass is 16.6. The summed E-state index contributed by atoms with van der Waals surface area (Å²) in [4.78, 5) is 25.9. The molecule has 0 aromatic carbocycles. The van der Waals surface area contributed by atoms with E-state index >= 15 is 0 Å². The van der Waals surface area contributed by atoms with Crippen LogP contribution in [0.4, 0.5) is 10.5 Å². The maximum Gasteiger partial charge on any atom is 0.410 e. The number of carbonyl (C=O) groups excluding carboxylic acids is 1. The first-order chi connectivity index (χ1) is 11.4. The molecule has 0 radical (unpaired) electrons. The van der Waals surface area contributed by atoms with Crippen molar-refractivity contribution in [3.05, 3.63) is 28.7 Å². The Bertz CT molecular complexity index is 624. The Morgan fingerprint density at radius 1 is 1.20 bits per heavy atom. The first-order valence-electron chi connectivity index (χ1n) is 8.89. The number of rotatable bonds is 6. The van der Waals surface area contributed by atoms with E-state index in [2.05, 4.69) is 5.32 Å². The van der Waals surface area contributed by atoms with Gasteiger partial charge < -0.3 is 19.5 Å². The van der Waals surface area contributed by atoms with E-state index in [-0.39, 0.29) is 17.2 Å². The number of anilines is 1. The van der Waals surface area contributed by atoms with E-state index in [0.717, 1.165) is 12.1 Å². The monoisotopic (exact) mass is 351 g/mol. The third kappa shape index (κ3) is 7.20. The van der Waals surface area contributed by atoms with Crippen LogP contribution in [-0.4, -0.2) is 39.8 Å². The van der Waals surface area contributed by atoms with Crippen molar-refractivity contribution in [3.8, 4) is 0 Å². The molecule has 0 aliphatic heterocycles. The molecule has 0 unspecified atom stereocenters. The van der Waals surface area contributed by atoms with Gasteiger partial charge in [-0.3, -0.25) is 4.79 Å². The van der Waals surface area contributed by atoms with Crippen LogP contribution in [0.3, 0.4) is 0 Å². The molecule has 6 heteroatoms. The van der Waals surface area contributed by atoms with Gasteiger partial charge in [-0.25, -0.2) is 4.79 Å². The van der Waals surface area contributed by atoms with Gasteiger partial charge in [0.15, 0.2) is 0 Å². The molecule has 0 aliphatic carbocycles. The zero-order chi connectivity index (χ0) is 19.3. The van der Waals surface area contributed by atoms with Gasteiger partial charge in [-0.15, -0.1) is 0 Å². The summed E-state index contributed by atoms with van der Waals surface area (Å²) in [5.41, 5.74) is -0.00198. The molecule has 0 spiro atoms. The van der Waals surface area contributed by atoms with Gasteiger partial charge in [0, 0.05) is 37.4 Å². The number of aromatic nitrogens is 1. The largest absolute Gasteiger partial charge is 0.444 e. The molecular formula is C19H33N3O3. The van der Waals surface area contributed by atoms with Gasteiger partial charge in [-0.2, -0.15) is 0 Å². The second-order valence-electron chi connectivity index (χ2n) is 8.18. The lowest BCUT2D eigenvalue weighted by Gasteiger charge is -2.37. The summed E-state index contributed by atoms with van der Waals surface area (Å²) in [6.07, 6.45) is 2.40. The highest BCUT2D eigenvalue weighted by Gasteiger charge is 2.30. The zero-order valence-electron chi connectivity index (χ0n) is 16.7. The van der Waals surface area contributed by atoms with Gasteiger partial charge >= 0.3 is 6.09 Å². The van der Waals surface area contributed by atoms with E-state index in [4.69, 9.17) is 4.74 Å². The lowest BCUT2D eigenvalue weighted by Crippen LogP contribution is -2.49. The molecule has 1 aromatic rings. The lowest BCUT2D eigenvalue weighted by atomic mass is 10.1. The number of nitrogens with zero attached hydrogens (tertiary/aromatic N) is 2. The van der Waals surface area contributed by atoms with E-state index < -0.39 is 5.60 Å². The summed E-state index contributed by atoms with van der Waals surface area (Å²) < 4.78 is 7.20. The van der Waals surface area contributed by atoms with Crippen LogP contribution in [0.2, 0.25) is 0 Å². The quantitative estimate of drug-likeness (QED) is 0.849. The molecule has 142 valence electrons. The molecule has 25 heavy (non-hydrogen) atoms. The predicted molar refractivity (Wildman–Crippen MR) is 102 cm³/mol. The maximum absolute atomic E-state index is 12.5. The minimum Gasteiger partial charge on any atom is -0.444 e. The molecule has 1 heterocycles. The highest BCUT2D eigenvalue weighted by molar-refractivity contribution is 5.69. The van der Waals surface area contributed by atoms with E-state index in [0.29, 0.717) is 19.6 Å². The molecule has 6 nitrogen and oxygen atoms in total. The van der Waals surface area contributed by atoms with Gasteiger partial charge in [0.2, 0.25) is 0 Å². The fourth-order valence-corrected chi connectivity index (χ4v) is 2.38. The summed E-state index contributed by atoms with van der Waals surface area (Å²) in [6, 6.07) is 3.33. The van der Waals surface area contributed by atoms with Crippen molar-refractivity contribution in [2.24, 2.45) is 0 Å². The smallest absolute Gasteiger partial charge is 0.410 e. The maximum atomic E-state index is 12.5. The van der Waals surface area contributed by atoms with Gasteiger partial charge in [-0.05, 0) is 54.0 Å². The topological polar surface area (TPSA) is 63.6 Å². The number of carbonyl (C=O) groups is 1. The van der Waals surface area contributed by atoms with Gasteiger partial charge in [0.25, 0.3) is 5.56 Å². The zero-order valence-corrected chi connectivity index (χ0v) is 16.7. The van der Waals surface area contributed by atoms with Crippen LogP contribution >= 0.6 is 0 Å². The molecule has 1 N–H and O–H groups in total. The number of aryl methyl sites for hydroxylation is 1. The van der Waals surface area contributed by atoms with Crippen LogP contribution in [0.25, 0.3) is 0 Å². The Labute approximate surface area is 151 Å². The van der Waals surface area contributed by atoms with Crippen LogP contribution in [0.1, 0.15) is 54.9 Å². The standard InChI is InChI=1S/C19H33N3O3/c1-8-12-21-14-15(9-10-16(21)23)20-11-13-22(18(2,3)4)17(24)25-19(5,6)7/h9-10,14,20H,8,11-13H2,1-7H3. The Morgan fingerprint density at radius 2 is 1.84 bits per heavy atom. The molecule has 0 atom stereocenters. The van der Waals surface area contributed by atoms with Crippen LogP contribution in [0.5, 0.6) is 0 Å². The Hall–Kier alpha value is -1.98. The number of hydrogen-bond acceptors (Lipinski definition) is 4. The molecule has 0 saturated heterocycles. The molecule has 0 fully saturated rings. The first kappa shape index (κ1) is 21.1. The molecular weight excluding hydrogens is 318 g/mol. The second kappa shape index (κ2) is 8.41. The third-order valence-corrected chi connectivity index (χ3v) is 3.54. The normalized spacial score (nSPS) is 12.0. The fraction of sp³-hybridized carbons (Fsp3) is 0.684. The van der Waals surface area contributed by atoms with Crippen molar-refractivity contribution >= 4 is 11.8 Å². The molecule has 1 amide bonds. The number of pyridine rings is 1. The molecule has 1 aromatic heterocycles. The number of ether oxygens (including phenoxy) is 1. The number of amides is 1. The minimum atomic E-state index is -0.524. The Morgan fingerprint density at radius 3 is 2.36 bits per heavy atom. The van der Waals surface area contributed by atoms with E-state index in [1.807, 2.05) is 54.7 Å². The first-order valence-corrected chi connectivity index (χ1v) is 8.89. The van der Waals surface area contributed by atoms with Crippen LogP contribution in [0, 0.1) is 0 Å². The van der Waals surface area contributed by atoms with Gasteiger partial charge in [0.1, 0.15) is 5.60 Å². The van der Waals surface area contributed by atoms with E-state index in [1.54, 1.807) is 21.6 Å².